The monoisotopic (exact) mass is 956 g/mol. The molecule has 4 heteroatoms. The van der Waals surface area contributed by atoms with Crippen LogP contribution in [0.1, 0.15) is 85.4 Å². The van der Waals surface area contributed by atoms with Crippen molar-refractivity contribution in [1.29, 1.82) is 0 Å². The van der Waals surface area contributed by atoms with E-state index >= 15 is 0 Å². The van der Waals surface area contributed by atoms with Crippen LogP contribution >= 0.6 is 11.3 Å². The predicted molar refractivity (Wildman–Crippen MR) is 312 cm³/mol. The number of hydrogen-bond donors (Lipinski definition) is 0. The molecule has 10 aromatic rings. The quantitative estimate of drug-likeness (QED) is 0.162. The minimum absolute atomic E-state index is 0.0172. The molecule has 1 aromatic heterocycles. The van der Waals surface area contributed by atoms with Gasteiger partial charge in [0, 0.05) is 43.7 Å². The second kappa shape index (κ2) is 15.7. The minimum Gasteiger partial charge on any atom is -0.311 e. The molecule has 0 bridgehead atoms. The van der Waals surface area contributed by atoms with E-state index in [-0.39, 0.29) is 17.5 Å². The van der Waals surface area contributed by atoms with Crippen LogP contribution in [-0.2, 0) is 16.2 Å². The van der Waals surface area contributed by atoms with Crippen molar-refractivity contribution in [2.75, 3.05) is 9.80 Å². The first kappa shape index (κ1) is 44.1. The normalized spacial score (nSPS) is 14.3. The molecule has 4 aliphatic rings. The molecule has 1 spiro atoms. The van der Waals surface area contributed by atoms with E-state index in [1.165, 1.54) is 132 Å². The number of benzene rings is 9. The molecule has 14 rings (SSSR count). The smallest absolute Gasteiger partial charge is 0.264 e. The van der Waals surface area contributed by atoms with Crippen molar-refractivity contribution in [1.82, 2.24) is 0 Å². The third-order valence-corrected chi connectivity index (χ3v) is 17.8. The van der Waals surface area contributed by atoms with Crippen molar-refractivity contribution in [3.8, 4) is 44.5 Å². The maximum atomic E-state index is 2.67. The zero-order valence-corrected chi connectivity index (χ0v) is 43.7. The van der Waals surface area contributed by atoms with Crippen molar-refractivity contribution >= 4 is 67.9 Å². The topological polar surface area (TPSA) is 6.48 Å². The summed E-state index contributed by atoms with van der Waals surface area (Å²) in [7, 11) is 0. The molecule has 0 saturated carbocycles. The third kappa shape index (κ3) is 6.29. The summed E-state index contributed by atoms with van der Waals surface area (Å²) in [6, 6.07) is 76.9. The molecular weight excluding hydrogens is 900 g/mol. The lowest BCUT2D eigenvalue weighted by Crippen LogP contribution is -2.60. The average molecular weight is 957 g/mol. The Labute approximate surface area is 435 Å². The van der Waals surface area contributed by atoms with E-state index in [1.807, 2.05) is 0 Å². The Balaban J connectivity index is 1.10. The van der Waals surface area contributed by atoms with Crippen molar-refractivity contribution in [2.24, 2.45) is 0 Å². The van der Waals surface area contributed by atoms with Crippen LogP contribution in [-0.4, -0.2) is 6.71 Å². The number of aryl methyl sites for hydroxylation is 2. The lowest BCUT2D eigenvalue weighted by atomic mass is 9.36. The highest BCUT2D eigenvalue weighted by molar-refractivity contribution is 7.30. The van der Waals surface area contributed by atoms with Crippen LogP contribution in [0.2, 0.25) is 0 Å². The van der Waals surface area contributed by atoms with Crippen molar-refractivity contribution in [2.45, 2.75) is 71.6 Å². The fourth-order valence-electron chi connectivity index (χ4n) is 13.1. The summed E-state index contributed by atoms with van der Waals surface area (Å²) in [6.45, 7) is 18.3. The third-order valence-electron chi connectivity index (χ3n) is 16.5. The molecule has 0 N–H and O–H groups in total. The van der Waals surface area contributed by atoms with Gasteiger partial charge in [-0.1, -0.05) is 205 Å². The van der Waals surface area contributed by atoms with E-state index in [4.69, 9.17) is 0 Å². The average Bonchev–Trinajstić information content (AvgIpc) is 4.06. The van der Waals surface area contributed by atoms with Gasteiger partial charge < -0.3 is 9.80 Å². The van der Waals surface area contributed by atoms with E-state index in [1.54, 1.807) is 0 Å². The fraction of sp³-hybridized carbons (Fsp3) is 0.159. The fourth-order valence-corrected chi connectivity index (χ4v) is 14.7. The molecule has 0 amide bonds. The van der Waals surface area contributed by atoms with Gasteiger partial charge in [0.1, 0.15) is 0 Å². The highest BCUT2D eigenvalue weighted by Gasteiger charge is 2.56. The Morgan fingerprint density at radius 3 is 1.56 bits per heavy atom. The van der Waals surface area contributed by atoms with Gasteiger partial charge in [-0.05, 0) is 150 Å². The van der Waals surface area contributed by atoms with Crippen LogP contribution in [0, 0.1) is 13.8 Å². The van der Waals surface area contributed by atoms with E-state index in [0.717, 1.165) is 5.69 Å². The lowest BCUT2D eigenvalue weighted by Gasteiger charge is -2.44. The first-order valence-corrected chi connectivity index (χ1v) is 26.8. The Morgan fingerprint density at radius 1 is 0.425 bits per heavy atom. The van der Waals surface area contributed by atoms with Gasteiger partial charge in [-0.2, -0.15) is 0 Å². The highest BCUT2D eigenvalue weighted by Crippen LogP contribution is 2.67. The zero-order chi connectivity index (χ0) is 49.7. The van der Waals surface area contributed by atoms with Crippen molar-refractivity contribution < 1.29 is 0 Å². The van der Waals surface area contributed by atoms with Gasteiger partial charge in [-0.25, -0.2) is 0 Å². The highest BCUT2D eigenvalue weighted by atomic mass is 32.1. The van der Waals surface area contributed by atoms with Gasteiger partial charge in [-0.15, -0.1) is 11.3 Å². The molecule has 0 atom stereocenters. The Bertz CT molecular complexity index is 3860. The summed E-state index contributed by atoms with van der Waals surface area (Å²) < 4.78 is 1.40. The van der Waals surface area contributed by atoms with Crippen LogP contribution < -0.4 is 25.5 Å². The first-order chi connectivity index (χ1) is 35.3. The Morgan fingerprint density at radius 2 is 0.959 bits per heavy atom. The molecule has 9 aromatic carbocycles. The molecule has 0 saturated heterocycles. The van der Waals surface area contributed by atoms with Gasteiger partial charge in [0.2, 0.25) is 0 Å². The predicted octanol–water partition coefficient (Wildman–Crippen LogP) is 16.7. The van der Waals surface area contributed by atoms with E-state index < -0.39 is 5.41 Å². The van der Waals surface area contributed by atoms with Gasteiger partial charge in [0.05, 0.1) is 11.1 Å². The van der Waals surface area contributed by atoms with Crippen LogP contribution in [0.5, 0.6) is 0 Å². The molecule has 0 unspecified atom stereocenters. The number of nitrogens with zero attached hydrogens (tertiary/aromatic N) is 2. The molecule has 2 nitrogen and oxygen atoms in total. The summed E-state index contributed by atoms with van der Waals surface area (Å²) in [5.41, 5.74) is 29.2. The van der Waals surface area contributed by atoms with Crippen LogP contribution in [0.25, 0.3) is 44.5 Å². The number of fused-ring (bicyclic) bond motifs is 15. The summed E-state index contributed by atoms with van der Waals surface area (Å²) >= 11 is 2.06. The summed E-state index contributed by atoms with van der Waals surface area (Å²) in [6.07, 6.45) is 0. The maximum Gasteiger partial charge on any atom is 0.264 e. The summed E-state index contributed by atoms with van der Waals surface area (Å²) in [5.74, 6) is 0. The molecule has 352 valence electrons. The van der Waals surface area contributed by atoms with Crippen LogP contribution in [0.3, 0.4) is 0 Å². The molecule has 2 aliphatic heterocycles. The Kier molecular flexibility index (Phi) is 9.46. The largest absolute Gasteiger partial charge is 0.311 e. The van der Waals surface area contributed by atoms with Gasteiger partial charge >= 0.3 is 0 Å². The number of hydrogen-bond acceptors (Lipinski definition) is 3. The molecule has 0 fully saturated rings. The maximum absolute atomic E-state index is 2.67. The zero-order valence-electron chi connectivity index (χ0n) is 42.9. The minimum atomic E-state index is -0.463. The molecule has 3 heterocycles. The number of anilines is 6. The van der Waals surface area contributed by atoms with E-state index in [9.17, 15) is 0 Å². The van der Waals surface area contributed by atoms with E-state index in [2.05, 4.69) is 277 Å². The van der Waals surface area contributed by atoms with Gasteiger partial charge in [0.25, 0.3) is 6.71 Å². The number of rotatable bonds is 4. The lowest BCUT2D eigenvalue weighted by molar-refractivity contribution is 0.590. The SMILES string of the molecule is Cc1ccc(-c2ccccc2)c(-c2ccc3c(c2)N(c2ccc(C(C)(C)C)cc2)c2cc(C)cc4c2B3c2sc3c(c2N4c2ccc(C(C)(C)C)cc2)-c2ccccc2C32c3ccccc3-c3ccccc32)c1. The number of thiophene rings is 1. The second-order valence-corrected chi connectivity index (χ2v) is 24.1. The van der Waals surface area contributed by atoms with Crippen molar-refractivity contribution in [3.05, 3.63) is 244 Å². The molecular formula is C69H57BN2S. The molecule has 0 radical (unpaired) electrons. The van der Waals surface area contributed by atoms with Crippen LogP contribution in [0.15, 0.2) is 200 Å². The first-order valence-electron chi connectivity index (χ1n) is 26.0. The summed E-state index contributed by atoms with van der Waals surface area (Å²) in [4.78, 5) is 6.68. The van der Waals surface area contributed by atoms with Crippen LogP contribution in [0.4, 0.5) is 34.1 Å². The second-order valence-electron chi connectivity index (χ2n) is 23.0. The van der Waals surface area contributed by atoms with Gasteiger partial charge in [0.15, 0.2) is 0 Å². The standard InChI is InChI=1S/C69H57BN2S/c1-42-26-36-50(44-18-10-9-11-19-44)54(38-42)45-27-37-58-59(41-45)71(48-32-28-46(29-33-48)67(3,4)5)60-39-43(2)40-61-63(60)70(58)66-64(72(61)49-34-30-47(31-35-49)68(6,7)8)62-53-22-14-17-25-57(53)69(65(62)73-66)55-23-15-12-20-51(55)52-21-13-16-24-56(52)69/h9-41H,1-8H3. The summed E-state index contributed by atoms with van der Waals surface area (Å²) in [5, 5.41) is 0. The van der Waals surface area contributed by atoms with Crippen molar-refractivity contribution in [3.63, 3.8) is 0 Å². The molecule has 73 heavy (non-hydrogen) atoms. The van der Waals surface area contributed by atoms with Gasteiger partial charge in [-0.3, -0.25) is 0 Å². The van der Waals surface area contributed by atoms with E-state index in [0.29, 0.717) is 0 Å². The molecule has 2 aliphatic carbocycles. The Hall–Kier alpha value is -7.66.